The van der Waals surface area contributed by atoms with E-state index >= 15 is 0 Å². The Morgan fingerprint density at radius 3 is 2.47 bits per heavy atom. The van der Waals surface area contributed by atoms with Crippen LogP contribution in [0.15, 0.2) is 60.8 Å². The summed E-state index contributed by atoms with van der Waals surface area (Å²) < 4.78 is 26.8. The SMILES string of the molecule is O=C(NC1CCN(c2nccc(Nc3ccc(F)cc3)n2)CC1)c1ccccc1F. The second-order valence-electron chi connectivity index (χ2n) is 7.09. The fourth-order valence-corrected chi connectivity index (χ4v) is 3.38. The summed E-state index contributed by atoms with van der Waals surface area (Å²) in [5.74, 6) is -0.0175. The van der Waals surface area contributed by atoms with Gasteiger partial charge in [0.25, 0.3) is 5.91 Å². The molecule has 8 heteroatoms. The van der Waals surface area contributed by atoms with Gasteiger partial charge in [0.05, 0.1) is 5.56 Å². The van der Waals surface area contributed by atoms with Crippen molar-refractivity contribution >= 4 is 23.4 Å². The summed E-state index contributed by atoms with van der Waals surface area (Å²) in [6.07, 6.45) is 3.08. The number of anilines is 3. The third-order valence-electron chi connectivity index (χ3n) is 4.99. The predicted molar refractivity (Wildman–Crippen MR) is 111 cm³/mol. The summed E-state index contributed by atoms with van der Waals surface area (Å²) in [4.78, 5) is 23.2. The van der Waals surface area contributed by atoms with E-state index in [1.54, 1.807) is 36.5 Å². The van der Waals surface area contributed by atoms with Gasteiger partial charge in [0.15, 0.2) is 0 Å². The Labute approximate surface area is 173 Å². The van der Waals surface area contributed by atoms with Crippen molar-refractivity contribution in [3.05, 3.63) is 78.0 Å². The van der Waals surface area contributed by atoms with E-state index in [4.69, 9.17) is 0 Å². The van der Waals surface area contributed by atoms with Gasteiger partial charge >= 0.3 is 0 Å². The lowest BCUT2D eigenvalue weighted by molar-refractivity contribution is 0.0927. The minimum Gasteiger partial charge on any atom is -0.349 e. The molecule has 30 heavy (non-hydrogen) atoms. The van der Waals surface area contributed by atoms with Gasteiger partial charge in [-0.3, -0.25) is 4.79 Å². The average molecular weight is 409 g/mol. The van der Waals surface area contributed by atoms with Gasteiger partial charge in [-0.25, -0.2) is 13.8 Å². The van der Waals surface area contributed by atoms with Gasteiger partial charge in [0.1, 0.15) is 17.5 Å². The van der Waals surface area contributed by atoms with Crippen molar-refractivity contribution in [1.29, 1.82) is 0 Å². The number of carbonyl (C=O) groups excluding carboxylic acids is 1. The first kappa shape index (κ1) is 19.8. The van der Waals surface area contributed by atoms with E-state index in [-0.39, 0.29) is 17.4 Å². The van der Waals surface area contributed by atoms with Gasteiger partial charge in [0.2, 0.25) is 5.95 Å². The monoisotopic (exact) mass is 409 g/mol. The summed E-state index contributed by atoms with van der Waals surface area (Å²) in [5, 5.41) is 6.04. The predicted octanol–water partition coefficient (Wildman–Crippen LogP) is 3.90. The van der Waals surface area contributed by atoms with E-state index in [0.29, 0.717) is 37.7 Å². The Kier molecular flexibility index (Phi) is 5.83. The van der Waals surface area contributed by atoms with Crippen LogP contribution in [0.4, 0.5) is 26.2 Å². The molecule has 0 unspecified atom stereocenters. The number of nitrogens with one attached hydrogen (secondary N) is 2. The molecular formula is C22H21F2N5O. The molecular weight excluding hydrogens is 388 g/mol. The van der Waals surface area contributed by atoms with Gasteiger partial charge in [-0.1, -0.05) is 12.1 Å². The van der Waals surface area contributed by atoms with E-state index in [9.17, 15) is 13.6 Å². The normalized spacial score (nSPS) is 14.4. The maximum atomic E-state index is 13.8. The highest BCUT2D eigenvalue weighted by Crippen LogP contribution is 2.20. The molecule has 1 aromatic heterocycles. The number of hydrogen-bond donors (Lipinski definition) is 2. The first-order chi connectivity index (χ1) is 14.6. The Bertz CT molecular complexity index is 1020. The van der Waals surface area contributed by atoms with Crippen molar-refractivity contribution in [2.45, 2.75) is 18.9 Å². The number of piperidine rings is 1. The number of benzene rings is 2. The van der Waals surface area contributed by atoms with Crippen molar-refractivity contribution in [2.75, 3.05) is 23.3 Å². The first-order valence-corrected chi connectivity index (χ1v) is 9.74. The quantitative estimate of drug-likeness (QED) is 0.669. The number of halogens is 2. The fraction of sp³-hybridized carbons (Fsp3) is 0.227. The van der Waals surface area contributed by atoms with E-state index in [1.165, 1.54) is 24.3 Å². The maximum absolute atomic E-state index is 13.8. The number of carbonyl (C=O) groups is 1. The molecule has 1 amide bonds. The Balaban J connectivity index is 1.34. The Morgan fingerprint density at radius 2 is 1.73 bits per heavy atom. The van der Waals surface area contributed by atoms with Crippen LogP contribution in [0.1, 0.15) is 23.2 Å². The summed E-state index contributed by atoms with van der Waals surface area (Å²) in [6.45, 7) is 1.34. The fourth-order valence-electron chi connectivity index (χ4n) is 3.38. The van der Waals surface area contributed by atoms with E-state index in [0.717, 1.165) is 5.69 Å². The summed E-state index contributed by atoms with van der Waals surface area (Å²) >= 11 is 0. The molecule has 3 aromatic rings. The van der Waals surface area contributed by atoms with Crippen LogP contribution in [0.3, 0.4) is 0 Å². The molecule has 1 aliphatic heterocycles. The van der Waals surface area contributed by atoms with E-state index in [1.807, 2.05) is 4.90 Å². The number of amides is 1. The minimum atomic E-state index is -0.522. The van der Waals surface area contributed by atoms with Crippen LogP contribution in [-0.2, 0) is 0 Å². The topological polar surface area (TPSA) is 70.2 Å². The molecule has 154 valence electrons. The molecule has 1 aliphatic rings. The van der Waals surface area contributed by atoms with Crippen LogP contribution in [0.25, 0.3) is 0 Å². The van der Waals surface area contributed by atoms with Crippen molar-refractivity contribution < 1.29 is 13.6 Å². The number of rotatable bonds is 5. The molecule has 6 nitrogen and oxygen atoms in total. The first-order valence-electron chi connectivity index (χ1n) is 9.74. The van der Waals surface area contributed by atoms with Crippen molar-refractivity contribution in [3.8, 4) is 0 Å². The van der Waals surface area contributed by atoms with Gasteiger partial charge in [-0.2, -0.15) is 4.98 Å². The molecule has 0 bridgehead atoms. The van der Waals surface area contributed by atoms with Crippen LogP contribution in [-0.4, -0.2) is 35.0 Å². The highest BCUT2D eigenvalue weighted by molar-refractivity contribution is 5.94. The molecule has 0 spiro atoms. The maximum Gasteiger partial charge on any atom is 0.254 e. The smallest absolute Gasteiger partial charge is 0.254 e. The lowest BCUT2D eigenvalue weighted by Crippen LogP contribution is -2.45. The van der Waals surface area contributed by atoms with Gasteiger partial charge < -0.3 is 15.5 Å². The number of nitrogens with zero attached hydrogens (tertiary/aromatic N) is 3. The molecule has 2 heterocycles. The lowest BCUT2D eigenvalue weighted by atomic mass is 10.0. The van der Waals surface area contributed by atoms with Crippen molar-refractivity contribution in [3.63, 3.8) is 0 Å². The second-order valence-corrected chi connectivity index (χ2v) is 7.09. The Hall–Kier alpha value is -3.55. The highest BCUT2D eigenvalue weighted by Gasteiger charge is 2.23. The average Bonchev–Trinajstić information content (AvgIpc) is 2.76. The van der Waals surface area contributed by atoms with Crippen LogP contribution in [0.5, 0.6) is 0 Å². The standard InChI is InChI=1S/C22H21F2N5O/c23-15-5-7-16(8-6-15)26-20-9-12-25-22(28-20)29-13-10-17(11-14-29)27-21(30)18-3-1-2-4-19(18)24/h1-9,12,17H,10-11,13-14H2,(H,27,30)(H,25,26,28). The number of aromatic nitrogens is 2. The van der Waals surface area contributed by atoms with Crippen molar-refractivity contribution in [2.24, 2.45) is 0 Å². The third-order valence-corrected chi connectivity index (χ3v) is 4.99. The molecule has 2 aromatic carbocycles. The minimum absolute atomic E-state index is 0.0334. The molecule has 2 N–H and O–H groups in total. The largest absolute Gasteiger partial charge is 0.349 e. The molecule has 0 atom stereocenters. The number of hydrogen-bond acceptors (Lipinski definition) is 5. The molecule has 1 saturated heterocycles. The van der Waals surface area contributed by atoms with Gasteiger partial charge in [0, 0.05) is 31.0 Å². The van der Waals surface area contributed by atoms with E-state index < -0.39 is 11.7 Å². The summed E-state index contributed by atoms with van der Waals surface area (Å²) in [5.41, 5.74) is 0.790. The zero-order chi connectivity index (χ0) is 20.9. The summed E-state index contributed by atoms with van der Waals surface area (Å²) in [7, 11) is 0. The molecule has 0 saturated carbocycles. The van der Waals surface area contributed by atoms with Crippen LogP contribution in [0.2, 0.25) is 0 Å². The second kappa shape index (κ2) is 8.86. The molecule has 1 fully saturated rings. The van der Waals surface area contributed by atoms with Crippen LogP contribution < -0.4 is 15.5 Å². The highest BCUT2D eigenvalue weighted by atomic mass is 19.1. The zero-order valence-electron chi connectivity index (χ0n) is 16.2. The Morgan fingerprint density at radius 1 is 1.00 bits per heavy atom. The molecule has 4 rings (SSSR count). The zero-order valence-corrected chi connectivity index (χ0v) is 16.2. The summed E-state index contributed by atoms with van der Waals surface area (Å²) in [6, 6.07) is 13.7. The van der Waals surface area contributed by atoms with Crippen LogP contribution in [0, 0.1) is 11.6 Å². The molecule has 0 radical (unpaired) electrons. The van der Waals surface area contributed by atoms with Crippen molar-refractivity contribution in [1.82, 2.24) is 15.3 Å². The molecule has 0 aliphatic carbocycles. The third kappa shape index (κ3) is 4.71. The van der Waals surface area contributed by atoms with Crippen LogP contribution >= 0.6 is 0 Å². The lowest BCUT2D eigenvalue weighted by Gasteiger charge is -2.32. The van der Waals surface area contributed by atoms with E-state index in [2.05, 4.69) is 20.6 Å². The van der Waals surface area contributed by atoms with Gasteiger partial charge in [-0.05, 0) is 55.3 Å². The van der Waals surface area contributed by atoms with Gasteiger partial charge in [-0.15, -0.1) is 0 Å².